The number of halogens is 1. The van der Waals surface area contributed by atoms with Gasteiger partial charge in [-0.3, -0.25) is 9.78 Å². The van der Waals surface area contributed by atoms with Gasteiger partial charge in [-0.2, -0.15) is 0 Å². The number of methoxy groups -OCH3 is 1. The number of hydrogen-bond acceptors (Lipinski definition) is 4. The Morgan fingerprint density at radius 2 is 2.11 bits per heavy atom. The Labute approximate surface area is 108 Å². The van der Waals surface area contributed by atoms with Crippen LogP contribution < -0.4 is 0 Å². The highest BCUT2D eigenvalue weighted by Gasteiger charge is 2.13. The van der Waals surface area contributed by atoms with E-state index in [0.29, 0.717) is 11.8 Å². The Kier molecular flexibility index (Phi) is 3.66. The van der Waals surface area contributed by atoms with Crippen LogP contribution in [0.4, 0.5) is 4.39 Å². The van der Waals surface area contributed by atoms with Gasteiger partial charge in [-0.05, 0) is 23.8 Å². The number of rotatable bonds is 3. The zero-order valence-corrected chi connectivity index (χ0v) is 10.1. The minimum Gasteiger partial charge on any atom is -0.465 e. The maximum atomic E-state index is 14.0. The van der Waals surface area contributed by atoms with Crippen LogP contribution >= 0.6 is 0 Å². The molecule has 2 aromatic rings. The fourth-order valence-electron chi connectivity index (χ4n) is 1.72. The van der Waals surface area contributed by atoms with E-state index in [1.54, 1.807) is 6.07 Å². The summed E-state index contributed by atoms with van der Waals surface area (Å²) in [6.45, 7) is 0. The number of benzene rings is 1. The van der Waals surface area contributed by atoms with Crippen molar-refractivity contribution in [1.82, 2.24) is 4.98 Å². The number of esters is 1. The second-order valence-corrected chi connectivity index (χ2v) is 3.77. The minimum atomic E-state index is -0.615. The van der Waals surface area contributed by atoms with Gasteiger partial charge in [0, 0.05) is 23.5 Å². The molecule has 4 nitrogen and oxygen atoms in total. The van der Waals surface area contributed by atoms with E-state index >= 15 is 0 Å². The topological polar surface area (TPSA) is 56.3 Å². The monoisotopic (exact) mass is 259 g/mol. The first kappa shape index (κ1) is 12.9. The Morgan fingerprint density at radius 3 is 2.74 bits per heavy atom. The predicted molar refractivity (Wildman–Crippen MR) is 66.4 cm³/mol. The van der Waals surface area contributed by atoms with Gasteiger partial charge < -0.3 is 4.74 Å². The Bertz CT molecular complexity index is 640. The molecule has 0 aliphatic carbocycles. The summed E-state index contributed by atoms with van der Waals surface area (Å²) in [7, 11) is 1.22. The third-order valence-electron chi connectivity index (χ3n) is 2.66. The van der Waals surface area contributed by atoms with Crippen molar-refractivity contribution in [2.75, 3.05) is 7.11 Å². The number of aldehydes is 1. The Morgan fingerprint density at radius 1 is 1.32 bits per heavy atom. The van der Waals surface area contributed by atoms with E-state index in [2.05, 4.69) is 9.72 Å². The van der Waals surface area contributed by atoms with Gasteiger partial charge >= 0.3 is 5.97 Å². The van der Waals surface area contributed by atoms with Crippen LogP contribution in [0, 0.1) is 5.82 Å². The van der Waals surface area contributed by atoms with Crippen molar-refractivity contribution in [1.29, 1.82) is 0 Å². The zero-order valence-electron chi connectivity index (χ0n) is 10.1. The van der Waals surface area contributed by atoms with Crippen LogP contribution in [-0.4, -0.2) is 24.3 Å². The lowest BCUT2D eigenvalue weighted by Gasteiger charge is -2.07. The van der Waals surface area contributed by atoms with Gasteiger partial charge in [0.1, 0.15) is 5.82 Å². The van der Waals surface area contributed by atoms with E-state index in [-0.39, 0.29) is 16.7 Å². The number of ether oxygens (including phenoxy) is 1. The number of pyridine rings is 1. The highest BCUT2D eigenvalue weighted by atomic mass is 19.1. The summed E-state index contributed by atoms with van der Waals surface area (Å²) in [6.07, 6.45) is 3.43. The third-order valence-corrected chi connectivity index (χ3v) is 2.66. The number of nitrogens with zero attached hydrogens (tertiary/aromatic N) is 1. The fourth-order valence-corrected chi connectivity index (χ4v) is 1.72. The molecule has 0 aliphatic rings. The van der Waals surface area contributed by atoms with E-state index in [1.165, 1.54) is 31.6 Å². The molecular weight excluding hydrogens is 249 g/mol. The van der Waals surface area contributed by atoms with Crippen LogP contribution in [0.2, 0.25) is 0 Å². The van der Waals surface area contributed by atoms with Crippen molar-refractivity contribution < 1.29 is 18.7 Å². The second kappa shape index (κ2) is 5.39. The molecule has 1 heterocycles. The largest absolute Gasteiger partial charge is 0.465 e. The van der Waals surface area contributed by atoms with E-state index in [0.717, 1.165) is 6.07 Å². The minimum absolute atomic E-state index is 0.116. The SMILES string of the molecule is COC(=O)c1ccc(-c2ccncc2C=O)c(F)c1. The summed E-state index contributed by atoms with van der Waals surface area (Å²) < 4.78 is 18.5. The summed E-state index contributed by atoms with van der Waals surface area (Å²) in [4.78, 5) is 26.0. The van der Waals surface area contributed by atoms with E-state index in [4.69, 9.17) is 0 Å². The average molecular weight is 259 g/mol. The van der Waals surface area contributed by atoms with Gasteiger partial charge in [-0.15, -0.1) is 0 Å². The molecule has 5 heteroatoms. The maximum Gasteiger partial charge on any atom is 0.337 e. The molecule has 0 radical (unpaired) electrons. The lowest BCUT2D eigenvalue weighted by molar-refractivity contribution is 0.0600. The van der Waals surface area contributed by atoms with Gasteiger partial charge in [-0.1, -0.05) is 6.07 Å². The molecule has 1 aromatic carbocycles. The number of carbonyl (C=O) groups excluding carboxylic acids is 2. The summed E-state index contributed by atoms with van der Waals surface area (Å²) in [6, 6.07) is 5.50. The summed E-state index contributed by atoms with van der Waals surface area (Å²) in [5.74, 6) is -1.21. The first-order valence-corrected chi connectivity index (χ1v) is 5.44. The van der Waals surface area contributed by atoms with Crippen LogP contribution in [0.15, 0.2) is 36.7 Å². The van der Waals surface area contributed by atoms with Crippen LogP contribution in [0.5, 0.6) is 0 Å². The summed E-state index contributed by atoms with van der Waals surface area (Å²) >= 11 is 0. The molecule has 0 fully saturated rings. The molecule has 0 amide bonds. The number of carbonyl (C=O) groups is 2. The fraction of sp³-hybridized carbons (Fsp3) is 0.0714. The predicted octanol–water partition coefficient (Wildman–Crippen LogP) is 2.49. The van der Waals surface area contributed by atoms with Gasteiger partial charge in [0.2, 0.25) is 0 Å². The van der Waals surface area contributed by atoms with Crippen molar-refractivity contribution in [2.45, 2.75) is 0 Å². The van der Waals surface area contributed by atoms with Crippen molar-refractivity contribution in [2.24, 2.45) is 0 Å². The standard InChI is InChI=1S/C14H10FNO3/c1-19-14(18)9-2-3-12(13(15)6-9)11-4-5-16-7-10(11)8-17/h2-8H,1H3. The normalized spacial score (nSPS) is 10.0. The molecule has 1 aromatic heterocycles. The van der Waals surface area contributed by atoms with E-state index in [1.807, 2.05) is 0 Å². The van der Waals surface area contributed by atoms with Crippen LogP contribution in [0.1, 0.15) is 20.7 Å². The molecule has 0 atom stereocenters. The van der Waals surface area contributed by atoms with E-state index in [9.17, 15) is 14.0 Å². The molecule has 0 N–H and O–H groups in total. The van der Waals surface area contributed by atoms with Crippen molar-refractivity contribution >= 4 is 12.3 Å². The Balaban J connectivity index is 2.52. The summed E-state index contributed by atoms with van der Waals surface area (Å²) in [5, 5.41) is 0. The first-order chi connectivity index (χ1) is 9.17. The molecule has 2 rings (SSSR count). The smallest absolute Gasteiger partial charge is 0.337 e. The molecule has 96 valence electrons. The van der Waals surface area contributed by atoms with Gasteiger partial charge in [-0.25, -0.2) is 9.18 Å². The number of hydrogen-bond donors (Lipinski definition) is 0. The van der Waals surface area contributed by atoms with Crippen LogP contribution in [0.3, 0.4) is 0 Å². The lowest BCUT2D eigenvalue weighted by atomic mass is 10.0. The van der Waals surface area contributed by atoms with E-state index < -0.39 is 11.8 Å². The Hall–Kier alpha value is -2.56. The molecule has 0 saturated heterocycles. The summed E-state index contributed by atoms with van der Waals surface area (Å²) in [5.41, 5.74) is 1.06. The van der Waals surface area contributed by atoms with Crippen molar-refractivity contribution in [3.05, 3.63) is 53.6 Å². The van der Waals surface area contributed by atoms with Gasteiger partial charge in [0.05, 0.1) is 12.7 Å². The molecular formula is C14H10FNO3. The highest BCUT2D eigenvalue weighted by Crippen LogP contribution is 2.25. The van der Waals surface area contributed by atoms with Crippen LogP contribution in [0.25, 0.3) is 11.1 Å². The molecule has 0 aliphatic heterocycles. The number of aromatic nitrogens is 1. The van der Waals surface area contributed by atoms with Gasteiger partial charge in [0.25, 0.3) is 0 Å². The zero-order chi connectivity index (χ0) is 13.8. The first-order valence-electron chi connectivity index (χ1n) is 5.44. The quantitative estimate of drug-likeness (QED) is 0.627. The molecule has 19 heavy (non-hydrogen) atoms. The average Bonchev–Trinajstić information content (AvgIpc) is 2.46. The van der Waals surface area contributed by atoms with Crippen molar-refractivity contribution in [3.63, 3.8) is 0 Å². The second-order valence-electron chi connectivity index (χ2n) is 3.77. The highest BCUT2D eigenvalue weighted by molar-refractivity contribution is 5.91. The maximum absolute atomic E-state index is 14.0. The van der Waals surface area contributed by atoms with Gasteiger partial charge in [0.15, 0.2) is 6.29 Å². The molecule has 0 unspecified atom stereocenters. The van der Waals surface area contributed by atoms with Crippen LogP contribution in [-0.2, 0) is 4.74 Å². The third kappa shape index (κ3) is 2.49. The molecule has 0 spiro atoms. The lowest BCUT2D eigenvalue weighted by Crippen LogP contribution is -2.02. The molecule has 0 saturated carbocycles. The molecule has 0 bridgehead atoms. The van der Waals surface area contributed by atoms with Crippen molar-refractivity contribution in [3.8, 4) is 11.1 Å².